The first kappa shape index (κ1) is 24.2. The molecule has 0 aromatic carbocycles. The molecule has 26 heavy (non-hydrogen) atoms. The van der Waals surface area contributed by atoms with Crippen LogP contribution in [0.1, 0.15) is 30.2 Å². The van der Waals surface area contributed by atoms with Crippen LogP contribution in [0.15, 0.2) is 5.16 Å². The molecule has 4 rings (SSSR count). The van der Waals surface area contributed by atoms with E-state index in [9.17, 15) is 0 Å². The van der Waals surface area contributed by atoms with E-state index in [0.717, 1.165) is 27.8 Å². The fraction of sp³-hybridized carbons (Fsp3) is 0.600. The third-order valence-electron chi connectivity index (χ3n) is 4.15. The summed E-state index contributed by atoms with van der Waals surface area (Å²) in [5.41, 5.74) is 1.53. The van der Waals surface area contributed by atoms with Crippen molar-refractivity contribution in [3.05, 3.63) is 10.4 Å². The Balaban J connectivity index is 0.000000349. The van der Waals surface area contributed by atoms with Crippen LogP contribution in [0.4, 0.5) is 0 Å². The van der Waals surface area contributed by atoms with Gasteiger partial charge in [0, 0.05) is 15.1 Å². The van der Waals surface area contributed by atoms with Crippen LogP contribution in [0.2, 0.25) is 0 Å². The Kier molecular flexibility index (Phi) is 10.2. The molecule has 11 heteroatoms. The molecular weight excluding hydrogens is 1050 g/mol. The number of nitrogens with zero attached hydrogens (tertiary/aromatic N) is 2. The molecule has 0 saturated carbocycles. The summed E-state index contributed by atoms with van der Waals surface area (Å²) in [6.45, 7) is 3.14. The van der Waals surface area contributed by atoms with Crippen molar-refractivity contribution < 1.29 is 11.8 Å². The van der Waals surface area contributed by atoms with Gasteiger partial charge in [-0.1, -0.05) is 40.9 Å². The topological polar surface area (TPSA) is 26.0 Å². The van der Waals surface area contributed by atoms with E-state index in [1.807, 2.05) is 23.1 Å². The first-order valence-corrected chi connectivity index (χ1v) is 36.6. The molecule has 0 saturated heterocycles. The Morgan fingerprint density at radius 2 is 1.96 bits per heavy atom. The number of hydrogen-bond acceptors (Lipinski definition) is 4. The molecular formula is C15H18I6N2OS2. The van der Waals surface area contributed by atoms with Gasteiger partial charge in [-0.05, 0) is 48.0 Å². The summed E-state index contributed by atoms with van der Waals surface area (Å²) in [7, 11) is 0. The Morgan fingerprint density at radius 3 is 2.62 bits per heavy atom. The Bertz CT molecular complexity index is 789. The average Bonchev–Trinajstić information content (AvgIpc) is 3.14. The zero-order chi connectivity index (χ0) is 18.9. The van der Waals surface area contributed by atoms with Crippen LogP contribution in [-0.2, 0) is 19.4 Å². The quantitative estimate of drug-likeness (QED) is 0.151. The van der Waals surface area contributed by atoms with Crippen LogP contribution in [0.3, 0.4) is 0 Å². The van der Waals surface area contributed by atoms with Crippen LogP contribution in [-0.4, -0.2) is 21.3 Å². The third-order valence-corrected chi connectivity index (χ3v) is 7.18. The van der Waals surface area contributed by atoms with Gasteiger partial charge in [0.1, 0.15) is 18.0 Å². The van der Waals surface area contributed by atoms with Crippen LogP contribution < -0.4 is 11.8 Å². The van der Waals surface area contributed by atoms with Gasteiger partial charge in [0.25, 0.3) is 5.88 Å². The van der Waals surface area contributed by atoms with E-state index in [4.69, 9.17) is 9.72 Å². The predicted octanol–water partition coefficient (Wildman–Crippen LogP) is 4.32. The average molecular weight is 1070 g/mol. The van der Waals surface area contributed by atoms with Crippen molar-refractivity contribution in [1.82, 2.24) is 4.98 Å². The minimum absolute atomic E-state index is 0.299. The van der Waals surface area contributed by atoms with Gasteiger partial charge >= 0.3 is 82.2 Å². The van der Waals surface area contributed by atoms with Crippen molar-refractivity contribution in [2.45, 2.75) is 50.4 Å². The summed E-state index contributed by atoms with van der Waals surface area (Å²) >= 11 is 16.2. The van der Waals surface area contributed by atoms with E-state index in [-0.39, 0.29) is 0 Å². The fourth-order valence-corrected chi connectivity index (χ4v) is 5.72. The summed E-state index contributed by atoms with van der Waals surface area (Å²) in [5.74, 6) is 2.15. The van der Waals surface area contributed by atoms with Crippen molar-refractivity contribution in [2.24, 2.45) is 0 Å². The van der Waals surface area contributed by atoms with Gasteiger partial charge in [0.05, 0.1) is 0 Å². The summed E-state index contributed by atoms with van der Waals surface area (Å²) < 4.78 is 8.58. The van der Waals surface area contributed by atoms with Crippen LogP contribution >= 0.6 is 120 Å². The zero-order valence-electron chi connectivity index (χ0n) is 13.9. The molecule has 0 bridgehead atoms. The maximum absolute atomic E-state index is 6.29. The number of aryl methyl sites for hydroxylation is 2. The third kappa shape index (κ3) is 6.30. The zero-order valence-corrected chi connectivity index (χ0v) is 28.5. The number of thiophene rings is 1. The second-order valence-corrected chi connectivity index (χ2v) is 107. The van der Waals surface area contributed by atoms with Gasteiger partial charge in [-0.15, -0.1) is 0 Å². The van der Waals surface area contributed by atoms with Gasteiger partial charge in [-0.2, -0.15) is 4.57 Å². The minimum atomic E-state index is -1.06. The number of aromatic nitrogens is 2. The molecule has 2 aliphatic rings. The Hall–Kier alpha value is 3.57. The monoisotopic (exact) mass is 1070 g/mol. The summed E-state index contributed by atoms with van der Waals surface area (Å²) in [6.07, 6.45) is 5.35. The summed E-state index contributed by atoms with van der Waals surface area (Å²) in [4.78, 5) is 7.71. The van der Waals surface area contributed by atoms with Crippen molar-refractivity contribution in [3.8, 4) is 5.88 Å². The molecule has 2 aromatic rings. The molecule has 3 heterocycles. The van der Waals surface area contributed by atoms with Gasteiger partial charge in [0.15, 0.2) is 0 Å². The van der Waals surface area contributed by atoms with Crippen LogP contribution in [0, 0.1) is 0 Å². The van der Waals surface area contributed by atoms with E-state index in [2.05, 4.69) is 109 Å². The van der Waals surface area contributed by atoms with Gasteiger partial charge < -0.3 is 4.74 Å². The molecule has 3 nitrogen and oxygen atoms in total. The fourth-order valence-electron chi connectivity index (χ4n) is 3.22. The van der Waals surface area contributed by atoms with E-state index in [0.29, 0.717) is 6.10 Å². The van der Waals surface area contributed by atoms with E-state index in [1.54, 1.807) is 4.88 Å². The first-order chi connectivity index (χ1) is 12.3. The molecule has 1 aliphatic carbocycles. The molecule has 0 spiro atoms. The molecule has 2 aromatic heterocycles. The Morgan fingerprint density at radius 1 is 1.27 bits per heavy atom. The summed E-state index contributed by atoms with van der Waals surface area (Å²) in [5, 5.41) is 2.45. The molecule has 1 unspecified atom stereocenters. The normalized spacial score (nSPS) is 19.4. The standard InChI is InChI=1S/C15H18IN2OS2.I5/c1-2-20-15-17-13-12(10-5-3-4-6-11(10)21-13)14-18(15)8-9(7-16)19-14;1-5(2,3)4/h9H,2-8H2,1H3;/q+1;-1. The Labute approximate surface area is 219 Å². The van der Waals surface area contributed by atoms with Gasteiger partial charge in [0.2, 0.25) is 4.83 Å². The van der Waals surface area contributed by atoms with Crippen LogP contribution in [0.25, 0.3) is 10.2 Å². The van der Waals surface area contributed by atoms with Crippen molar-refractivity contribution in [1.29, 1.82) is 0 Å². The summed E-state index contributed by atoms with van der Waals surface area (Å²) in [6, 6.07) is 0. The SMILES string of the molecule is CCSc1nc2sc3c(c2c2[n+]1CC(CI)O2)CCCC3.I[I-](I)(I)I. The predicted molar refractivity (Wildman–Crippen MR) is 152 cm³/mol. The van der Waals surface area contributed by atoms with E-state index in [1.165, 1.54) is 41.5 Å². The van der Waals surface area contributed by atoms with Crippen molar-refractivity contribution in [3.63, 3.8) is 0 Å². The number of rotatable bonds is 3. The van der Waals surface area contributed by atoms with E-state index < -0.39 is 2.53 Å². The van der Waals surface area contributed by atoms with Crippen molar-refractivity contribution >= 4 is 130 Å². The second kappa shape index (κ2) is 10.9. The molecule has 1 aliphatic heterocycles. The number of halogens is 6. The van der Waals surface area contributed by atoms with Gasteiger partial charge in [-0.3, -0.25) is 0 Å². The molecule has 148 valence electrons. The first-order valence-electron chi connectivity index (χ1n) is 8.12. The van der Waals surface area contributed by atoms with Crippen LogP contribution in [0.5, 0.6) is 5.88 Å². The van der Waals surface area contributed by atoms with Crippen molar-refractivity contribution in [2.75, 3.05) is 10.2 Å². The number of ether oxygens (including phenoxy) is 1. The molecule has 1 atom stereocenters. The number of thioether (sulfide) groups is 1. The maximum atomic E-state index is 6.29. The second-order valence-electron chi connectivity index (χ2n) is 5.85. The molecule has 0 amide bonds. The van der Waals surface area contributed by atoms with Gasteiger partial charge in [-0.25, -0.2) is 0 Å². The van der Waals surface area contributed by atoms with E-state index >= 15 is 0 Å². The molecule has 0 fully saturated rings. The number of fused-ring (bicyclic) bond motifs is 5. The number of alkyl halides is 1. The molecule has 0 radical (unpaired) electrons. The molecule has 0 N–H and O–H groups in total. The number of hydrogen-bond donors (Lipinski definition) is 0.